The van der Waals surface area contributed by atoms with Gasteiger partial charge >= 0.3 is 0 Å². The zero-order chi connectivity index (χ0) is 10.6. The fourth-order valence-corrected chi connectivity index (χ4v) is 0.961. The third kappa shape index (κ3) is 3.75. The molecule has 4 N–H and O–H groups in total. The SMILES string of the molecule is OC(CCC(O)(O)O)c1cnccn1. The topological polar surface area (TPSA) is 107 Å². The van der Waals surface area contributed by atoms with E-state index in [1.54, 1.807) is 0 Å². The van der Waals surface area contributed by atoms with Crippen molar-refractivity contribution in [2.75, 3.05) is 0 Å². The van der Waals surface area contributed by atoms with E-state index >= 15 is 0 Å². The molecule has 1 aromatic rings. The highest BCUT2D eigenvalue weighted by molar-refractivity contribution is 4.98. The predicted octanol–water partition coefficient (Wildman–Crippen LogP) is -1.08. The summed E-state index contributed by atoms with van der Waals surface area (Å²) >= 11 is 0. The Hall–Kier alpha value is -1.08. The molecule has 0 aliphatic rings. The van der Waals surface area contributed by atoms with Crippen molar-refractivity contribution in [3.63, 3.8) is 0 Å². The minimum Gasteiger partial charge on any atom is -0.387 e. The molecular formula is C8H12N2O4. The van der Waals surface area contributed by atoms with Gasteiger partial charge in [0, 0.05) is 18.8 Å². The molecule has 1 atom stereocenters. The molecule has 0 aromatic carbocycles. The van der Waals surface area contributed by atoms with Crippen LogP contribution in [0.5, 0.6) is 0 Å². The van der Waals surface area contributed by atoms with Gasteiger partial charge in [-0.3, -0.25) is 9.97 Å². The molecule has 0 saturated carbocycles. The second-order valence-electron chi connectivity index (χ2n) is 2.96. The van der Waals surface area contributed by atoms with Crippen LogP contribution in [0.1, 0.15) is 24.6 Å². The minimum absolute atomic E-state index is 0.0117. The van der Waals surface area contributed by atoms with Gasteiger partial charge < -0.3 is 20.4 Å². The Balaban J connectivity index is 2.48. The lowest BCUT2D eigenvalue weighted by atomic mass is 10.1. The van der Waals surface area contributed by atoms with Crippen LogP contribution in [0.4, 0.5) is 0 Å². The molecule has 14 heavy (non-hydrogen) atoms. The molecule has 0 aliphatic heterocycles. The maximum Gasteiger partial charge on any atom is 0.275 e. The Morgan fingerprint density at radius 3 is 2.50 bits per heavy atom. The van der Waals surface area contributed by atoms with Crippen LogP contribution in [0.25, 0.3) is 0 Å². The average molecular weight is 200 g/mol. The molecular weight excluding hydrogens is 188 g/mol. The van der Waals surface area contributed by atoms with Crippen molar-refractivity contribution in [2.24, 2.45) is 0 Å². The normalized spacial score (nSPS) is 14.0. The molecule has 0 saturated heterocycles. The number of aliphatic hydroxyl groups is 4. The molecule has 1 unspecified atom stereocenters. The molecule has 0 spiro atoms. The Kier molecular flexibility index (Phi) is 3.48. The lowest BCUT2D eigenvalue weighted by molar-refractivity contribution is -0.316. The van der Waals surface area contributed by atoms with Gasteiger partial charge in [0.05, 0.1) is 18.0 Å². The number of rotatable bonds is 4. The van der Waals surface area contributed by atoms with Crippen molar-refractivity contribution < 1.29 is 20.4 Å². The van der Waals surface area contributed by atoms with Gasteiger partial charge in [0.25, 0.3) is 5.97 Å². The van der Waals surface area contributed by atoms with E-state index in [0.717, 1.165) is 0 Å². The molecule has 1 aromatic heterocycles. The number of nitrogens with zero attached hydrogens (tertiary/aromatic N) is 2. The van der Waals surface area contributed by atoms with E-state index in [1.165, 1.54) is 18.6 Å². The van der Waals surface area contributed by atoms with Crippen molar-refractivity contribution in [3.8, 4) is 0 Å². The van der Waals surface area contributed by atoms with Crippen molar-refractivity contribution >= 4 is 0 Å². The van der Waals surface area contributed by atoms with E-state index in [9.17, 15) is 5.11 Å². The zero-order valence-electron chi connectivity index (χ0n) is 7.41. The Labute approximate surface area is 80.5 Å². The van der Waals surface area contributed by atoms with Crippen molar-refractivity contribution in [1.82, 2.24) is 9.97 Å². The van der Waals surface area contributed by atoms with Crippen LogP contribution in [0.2, 0.25) is 0 Å². The van der Waals surface area contributed by atoms with Gasteiger partial charge in [-0.1, -0.05) is 0 Å². The largest absolute Gasteiger partial charge is 0.387 e. The minimum atomic E-state index is -2.75. The highest BCUT2D eigenvalue weighted by Crippen LogP contribution is 2.17. The lowest BCUT2D eigenvalue weighted by Gasteiger charge is -2.15. The van der Waals surface area contributed by atoms with Crippen molar-refractivity contribution in [3.05, 3.63) is 24.3 Å². The van der Waals surface area contributed by atoms with Crippen LogP contribution in [0.3, 0.4) is 0 Å². The lowest BCUT2D eigenvalue weighted by Crippen LogP contribution is -2.27. The summed E-state index contributed by atoms with van der Waals surface area (Å²) in [5.74, 6) is -2.75. The van der Waals surface area contributed by atoms with Crippen LogP contribution in [0, 0.1) is 0 Å². The van der Waals surface area contributed by atoms with E-state index in [1.807, 2.05) is 0 Å². The van der Waals surface area contributed by atoms with E-state index in [4.69, 9.17) is 15.3 Å². The third-order valence-corrected chi connectivity index (χ3v) is 1.68. The van der Waals surface area contributed by atoms with Gasteiger partial charge in [-0.15, -0.1) is 0 Å². The standard InChI is InChI=1S/C8H12N2O4/c11-7(1-2-8(12,13)14)6-5-9-3-4-10-6/h3-5,7,11-14H,1-2H2. The van der Waals surface area contributed by atoms with Crippen LogP contribution >= 0.6 is 0 Å². The summed E-state index contributed by atoms with van der Waals surface area (Å²) in [6.07, 6.45) is 2.92. The Bertz CT molecular complexity index is 272. The number of hydrogen-bond donors (Lipinski definition) is 4. The van der Waals surface area contributed by atoms with Crippen LogP contribution < -0.4 is 0 Å². The smallest absolute Gasteiger partial charge is 0.275 e. The van der Waals surface area contributed by atoms with Gasteiger partial charge in [-0.05, 0) is 6.42 Å². The van der Waals surface area contributed by atoms with Crippen LogP contribution in [0.15, 0.2) is 18.6 Å². The molecule has 1 heterocycles. The maximum atomic E-state index is 9.45. The van der Waals surface area contributed by atoms with E-state index in [0.29, 0.717) is 5.69 Å². The fourth-order valence-electron chi connectivity index (χ4n) is 0.961. The van der Waals surface area contributed by atoms with E-state index in [2.05, 4.69) is 9.97 Å². The summed E-state index contributed by atoms with van der Waals surface area (Å²) in [7, 11) is 0. The quantitative estimate of drug-likeness (QED) is 0.461. The Morgan fingerprint density at radius 2 is 2.00 bits per heavy atom. The van der Waals surface area contributed by atoms with Crippen molar-refractivity contribution in [1.29, 1.82) is 0 Å². The van der Waals surface area contributed by atoms with E-state index in [-0.39, 0.29) is 12.8 Å². The zero-order valence-corrected chi connectivity index (χ0v) is 7.41. The molecule has 1 rings (SSSR count). The molecule has 0 amide bonds. The summed E-state index contributed by atoms with van der Waals surface area (Å²) in [5.41, 5.74) is 0.330. The summed E-state index contributed by atoms with van der Waals surface area (Å²) in [6, 6.07) is 0. The highest BCUT2D eigenvalue weighted by Gasteiger charge is 2.21. The second-order valence-corrected chi connectivity index (χ2v) is 2.96. The average Bonchev–Trinajstić information content (AvgIpc) is 2.14. The Morgan fingerprint density at radius 1 is 1.29 bits per heavy atom. The van der Waals surface area contributed by atoms with Gasteiger partial charge in [0.2, 0.25) is 0 Å². The summed E-state index contributed by atoms with van der Waals surface area (Å²) in [5, 5.41) is 35.2. The molecule has 78 valence electrons. The number of aliphatic hydroxyl groups excluding tert-OH is 1. The monoisotopic (exact) mass is 200 g/mol. The maximum absolute atomic E-state index is 9.45. The van der Waals surface area contributed by atoms with E-state index < -0.39 is 12.1 Å². The summed E-state index contributed by atoms with van der Waals surface area (Å²) in [6.45, 7) is 0. The van der Waals surface area contributed by atoms with Gasteiger partial charge in [0.15, 0.2) is 0 Å². The molecule has 6 heteroatoms. The number of aromatic nitrogens is 2. The summed E-state index contributed by atoms with van der Waals surface area (Å²) in [4.78, 5) is 7.56. The molecule has 0 fully saturated rings. The highest BCUT2D eigenvalue weighted by atomic mass is 16.7. The van der Waals surface area contributed by atoms with Crippen molar-refractivity contribution in [2.45, 2.75) is 24.9 Å². The first-order valence-electron chi connectivity index (χ1n) is 4.10. The molecule has 0 aliphatic carbocycles. The molecule has 0 radical (unpaired) electrons. The number of hydrogen-bond acceptors (Lipinski definition) is 6. The second kappa shape index (κ2) is 4.43. The fraction of sp³-hybridized carbons (Fsp3) is 0.500. The summed E-state index contributed by atoms with van der Waals surface area (Å²) < 4.78 is 0. The first-order chi connectivity index (χ1) is 6.49. The van der Waals surface area contributed by atoms with Gasteiger partial charge in [-0.2, -0.15) is 0 Å². The third-order valence-electron chi connectivity index (χ3n) is 1.68. The van der Waals surface area contributed by atoms with Gasteiger partial charge in [0.1, 0.15) is 0 Å². The first-order valence-corrected chi connectivity index (χ1v) is 4.10. The predicted molar refractivity (Wildman–Crippen MR) is 45.6 cm³/mol. The van der Waals surface area contributed by atoms with Crippen LogP contribution in [-0.4, -0.2) is 36.4 Å². The first kappa shape index (κ1) is 11.0. The van der Waals surface area contributed by atoms with Crippen LogP contribution in [-0.2, 0) is 0 Å². The molecule has 0 bridgehead atoms. The van der Waals surface area contributed by atoms with Gasteiger partial charge in [-0.25, -0.2) is 0 Å². The molecule has 6 nitrogen and oxygen atoms in total.